The fourth-order valence-electron chi connectivity index (χ4n) is 3.22. The van der Waals surface area contributed by atoms with Gasteiger partial charge in [0.1, 0.15) is 11.5 Å². The first kappa shape index (κ1) is 20.0. The van der Waals surface area contributed by atoms with E-state index in [1.54, 1.807) is 29.2 Å². The predicted molar refractivity (Wildman–Crippen MR) is 107 cm³/mol. The molecule has 150 valence electrons. The molecule has 1 saturated heterocycles. The van der Waals surface area contributed by atoms with Crippen LogP contribution in [-0.4, -0.2) is 46.5 Å². The molecular weight excluding hydrogens is 380 g/mol. The monoisotopic (exact) mass is 404 g/mol. The largest absolute Gasteiger partial charge is 0.496 e. The zero-order valence-electron chi connectivity index (χ0n) is 16.0. The number of ether oxygens (including phenoxy) is 2. The average Bonchev–Trinajstić information content (AvgIpc) is 2.73. The Bertz CT molecular complexity index is 953. The third-order valence-corrected chi connectivity index (χ3v) is 6.07. The molecule has 3 rings (SSSR count). The molecule has 8 heteroatoms. The van der Waals surface area contributed by atoms with Crippen LogP contribution < -0.4 is 14.2 Å². The summed E-state index contributed by atoms with van der Waals surface area (Å²) in [5.41, 5.74) is 0.567. The highest BCUT2D eigenvalue weighted by molar-refractivity contribution is 7.92. The minimum Gasteiger partial charge on any atom is -0.496 e. The van der Waals surface area contributed by atoms with Gasteiger partial charge in [-0.05, 0) is 49.6 Å². The minimum absolute atomic E-state index is 0.0143. The van der Waals surface area contributed by atoms with E-state index in [9.17, 15) is 13.2 Å². The number of carbonyl (C=O) groups is 1. The number of piperidine rings is 1. The van der Waals surface area contributed by atoms with Crippen LogP contribution in [0.5, 0.6) is 11.5 Å². The van der Waals surface area contributed by atoms with Crippen molar-refractivity contribution in [2.24, 2.45) is 0 Å². The van der Waals surface area contributed by atoms with Crippen molar-refractivity contribution in [1.29, 1.82) is 0 Å². The van der Waals surface area contributed by atoms with Crippen LogP contribution in [0.25, 0.3) is 0 Å². The minimum atomic E-state index is -3.91. The number of benzene rings is 2. The molecule has 0 spiro atoms. The van der Waals surface area contributed by atoms with E-state index in [1.807, 2.05) is 0 Å². The quantitative estimate of drug-likeness (QED) is 0.800. The fraction of sp³-hybridized carbons (Fsp3) is 0.350. The van der Waals surface area contributed by atoms with Gasteiger partial charge < -0.3 is 14.4 Å². The third kappa shape index (κ3) is 4.22. The second-order valence-corrected chi connectivity index (χ2v) is 8.20. The number of rotatable bonds is 6. The van der Waals surface area contributed by atoms with Crippen molar-refractivity contribution in [3.63, 3.8) is 0 Å². The Kier molecular flexibility index (Phi) is 6.08. The molecule has 1 aliphatic heterocycles. The number of para-hydroxylation sites is 2. The molecule has 0 bridgehead atoms. The van der Waals surface area contributed by atoms with Crippen molar-refractivity contribution in [3.8, 4) is 11.5 Å². The number of likely N-dealkylation sites (tertiary alicyclic amines) is 1. The lowest BCUT2D eigenvalue weighted by atomic mass is 10.1. The Balaban J connectivity index is 1.94. The summed E-state index contributed by atoms with van der Waals surface area (Å²) in [6.45, 7) is 1.33. The summed E-state index contributed by atoms with van der Waals surface area (Å²) in [6, 6.07) is 11.0. The Morgan fingerprint density at radius 1 is 0.964 bits per heavy atom. The lowest BCUT2D eigenvalue weighted by Gasteiger charge is -2.27. The second-order valence-electron chi connectivity index (χ2n) is 6.52. The van der Waals surface area contributed by atoms with Crippen LogP contribution in [0.2, 0.25) is 0 Å². The Morgan fingerprint density at radius 2 is 1.64 bits per heavy atom. The van der Waals surface area contributed by atoms with Crippen LogP contribution in [0, 0.1) is 0 Å². The Labute approximate surface area is 165 Å². The summed E-state index contributed by atoms with van der Waals surface area (Å²) >= 11 is 0. The summed E-state index contributed by atoms with van der Waals surface area (Å²) in [7, 11) is -0.984. The normalized spacial score (nSPS) is 14.4. The summed E-state index contributed by atoms with van der Waals surface area (Å²) in [4.78, 5) is 14.7. The molecule has 0 saturated carbocycles. The van der Waals surface area contributed by atoms with Crippen LogP contribution in [0.15, 0.2) is 47.4 Å². The van der Waals surface area contributed by atoms with Gasteiger partial charge in [-0.25, -0.2) is 8.42 Å². The van der Waals surface area contributed by atoms with Gasteiger partial charge >= 0.3 is 0 Å². The van der Waals surface area contributed by atoms with Crippen molar-refractivity contribution < 1.29 is 22.7 Å². The van der Waals surface area contributed by atoms with Crippen LogP contribution in [-0.2, 0) is 10.0 Å². The molecule has 1 heterocycles. The van der Waals surface area contributed by atoms with Gasteiger partial charge in [0.2, 0.25) is 0 Å². The first-order chi connectivity index (χ1) is 13.5. The number of amides is 1. The molecule has 2 aromatic rings. The molecule has 2 aromatic carbocycles. The van der Waals surface area contributed by atoms with Crippen LogP contribution >= 0.6 is 0 Å². The molecule has 1 amide bonds. The topological polar surface area (TPSA) is 84.9 Å². The first-order valence-electron chi connectivity index (χ1n) is 9.09. The standard InChI is InChI=1S/C20H24N2O5S/c1-26-18-11-10-15(14-16(18)20(23)22-12-6-3-7-13-22)28(24,25)21-17-8-4-5-9-19(17)27-2/h4-5,8-11,14,21H,3,6-7,12-13H2,1-2H3. The van der Waals surface area contributed by atoms with Crippen molar-refractivity contribution >= 4 is 21.6 Å². The van der Waals surface area contributed by atoms with Gasteiger partial charge in [-0.15, -0.1) is 0 Å². The molecule has 28 heavy (non-hydrogen) atoms. The van der Waals surface area contributed by atoms with Crippen LogP contribution in [0.4, 0.5) is 5.69 Å². The summed E-state index contributed by atoms with van der Waals surface area (Å²) < 4.78 is 38.8. The molecule has 0 aromatic heterocycles. The molecule has 1 fully saturated rings. The predicted octanol–water partition coefficient (Wildman–Crippen LogP) is 3.13. The van der Waals surface area contributed by atoms with Gasteiger partial charge in [0.25, 0.3) is 15.9 Å². The van der Waals surface area contributed by atoms with Gasteiger partial charge in [-0.3, -0.25) is 9.52 Å². The maximum Gasteiger partial charge on any atom is 0.262 e. The number of nitrogens with one attached hydrogen (secondary N) is 1. The molecule has 0 radical (unpaired) electrons. The summed E-state index contributed by atoms with van der Waals surface area (Å²) in [5, 5.41) is 0. The highest BCUT2D eigenvalue weighted by Crippen LogP contribution is 2.29. The van der Waals surface area contributed by atoms with Crippen molar-refractivity contribution in [2.75, 3.05) is 32.0 Å². The molecule has 0 atom stereocenters. The Hall–Kier alpha value is -2.74. The highest BCUT2D eigenvalue weighted by Gasteiger charge is 2.25. The number of hydrogen-bond acceptors (Lipinski definition) is 5. The van der Waals surface area contributed by atoms with E-state index in [4.69, 9.17) is 9.47 Å². The average molecular weight is 404 g/mol. The lowest BCUT2D eigenvalue weighted by molar-refractivity contribution is 0.0720. The second kappa shape index (κ2) is 8.52. The van der Waals surface area contributed by atoms with E-state index in [-0.39, 0.29) is 16.4 Å². The number of nitrogens with zero attached hydrogens (tertiary/aromatic N) is 1. The van der Waals surface area contributed by atoms with Gasteiger partial charge in [-0.2, -0.15) is 0 Å². The zero-order chi connectivity index (χ0) is 20.1. The number of anilines is 1. The lowest BCUT2D eigenvalue weighted by Crippen LogP contribution is -2.35. The molecule has 0 unspecified atom stereocenters. The van der Waals surface area contributed by atoms with E-state index < -0.39 is 10.0 Å². The van der Waals surface area contributed by atoms with Crippen molar-refractivity contribution in [2.45, 2.75) is 24.2 Å². The van der Waals surface area contributed by atoms with E-state index in [1.165, 1.54) is 32.4 Å². The maximum atomic E-state index is 12.9. The van der Waals surface area contributed by atoms with E-state index in [2.05, 4.69) is 4.72 Å². The molecular formula is C20H24N2O5S. The van der Waals surface area contributed by atoms with Gasteiger partial charge in [-0.1, -0.05) is 12.1 Å². The smallest absolute Gasteiger partial charge is 0.262 e. The molecule has 0 aliphatic carbocycles. The van der Waals surface area contributed by atoms with E-state index >= 15 is 0 Å². The number of hydrogen-bond donors (Lipinski definition) is 1. The maximum absolute atomic E-state index is 12.9. The zero-order valence-corrected chi connectivity index (χ0v) is 16.8. The first-order valence-corrected chi connectivity index (χ1v) is 10.6. The van der Waals surface area contributed by atoms with Gasteiger partial charge in [0, 0.05) is 13.1 Å². The number of sulfonamides is 1. The number of carbonyl (C=O) groups excluding carboxylic acids is 1. The molecule has 1 aliphatic rings. The third-order valence-electron chi connectivity index (χ3n) is 4.71. The van der Waals surface area contributed by atoms with Crippen LogP contribution in [0.1, 0.15) is 29.6 Å². The van der Waals surface area contributed by atoms with Crippen LogP contribution in [0.3, 0.4) is 0 Å². The van der Waals surface area contributed by atoms with E-state index in [0.29, 0.717) is 30.3 Å². The highest BCUT2D eigenvalue weighted by atomic mass is 32.2. The van der Waals surface area contributed by atoms with Gasteiger partial charge in [0.05, 0.1) is 30.4 Å². The van der Waals surface area contributed by atoms with E-state index in [0.717, 1.165) is 19.3 Å². The van der Waals surface area contributed by atoms with Gasteiger partial charge in [0.15, 0.2) is 0 Å². The number of methoxy groups -OCH3 is 2. The van der Waals surface area contributed by atoms with Crippen molar-refractivity contribution in [1.82, 2.24) is 4.90 Å². The van der Waals surface area contributed by atoms with Crippen molar-refractivity contribution in [3.05, 3.63) is 48.0 Å². The summed E-state index contributed by atoms with van der Waals surface area (Å²) in [5.74, 6) is 0.543. The Morgan fingerprint density at radius 3 is 2.32 bits per heavy atom. The SMILES string of the molecule is COc1ccccc1NS(=O)(=O)c1ccc(OC)c(C(=O)N2CCCCC2)c1. The summed E-state index contributed by atoms with van der Waals surface area (Å²) in [6.07, 6.45) is 2.99. The molecule has 1 N–H and O–H groups in total. The molecule has 7 nitrogen and oxygen atoms in total. The fourth-order valence-corrected chi connectivity index (χ4v) is 4.32.